The number of ether oxygens (including phenoxy) is 1. The smallest absolute Gasteiger partial charge is 0.325 e. The van der Waals surface area contributed by atoms with E-state index in [0.29, 0.717) is 11.3 Å². The Morgan fingerprint density at radius 2 is 1.77 bits per heavy atom. The lowest BCUT2D eigenvalue weighted by Crippen LogP contribution is -2.42. The molecule has 1 aliphatic rings. The van der Waals surface area contributed by atoms with Crippen LogP contribution in [0.2, 0.25) is 0 Å². The molecule has 3 amide bonds. The Kier molecular flexibility index (Phi) is 5.49. The molecule has 1 saturated heterocycles. The van der Waals surface area contributed by atoms with E-state index in [4.69, 9.17) is 4.74 Å². The lowest BCUT2D eigenvalue weighted by Gasteiger charge is -2.23. The van der Waals surface area contributed by atoms with E-state index in [1.807, 2.05) is 54.6 Å². The molecular formula is C23H21BrN2O4. The number of hydrogen-bond donors (Lipinski definition) is 2. The van der Waals surface area contributed by atoms with E-state index in [-0.39, 0.29) is 13.2 Å². The van der Waals surface area contributed by atoms with Gasteiger partial charge in [-0.15, -0.1) is 0 Å². The molecule has 30 heavy (non-hydrogen) atoms. The number of amides is 3. The van der Waals surface area contributed by atoms with Crippen LogP contribution in [0.4, 0.5) is 4.79 Å². The molecule has 1 fully saturated rings. The number of carbonyl (C=O) groups is 2. The molecule has 0 aliphatic carbocycles. The number of aliphatic hydroxyl groups excluding tert-OH is 1. The molecule has 1 aliphatic heterocycles. The molecule has 0 radical (unpaired) electrons. The summed E-state index contributed by atoms with van der Waals surface area (Å²) in [5, 5.41) is 15.2. The van der Waals surface area contributed by atoms with Crippen LogP contribution >= 0.6 is 15.9 Å². The van der Waals surface area contributed by atoms with Crippen LogP contribution in [-0.4, -0.2) is 41.2 Å². The van der Waals surface area contributed by atoms with Gasteiger partial charge in [0.2, 0.25) is 0 Å². The summed E-state index contributed by atoms with van der Waals surface area (Å²) in [6.07, 6.45) is -1.01. The maximum Gasteiger partial charge on any atom is 0.325 e. The van der Waals surface area contributed by atoms with Gasteiger partial charge >= 0.3 is 6.03 Å². The third-order valence-electron chi connectivity index (χ3n) is 5.25. The molecule has 7 heteroatoms. The third-order valence-corrected chi connectivity index (χ3v) is 5.78. The van der Waals surface area contributed by atoms with E-state index in [0.717, 1.165) is 20.1 Å². The van der Waals surface area contributed by atoms with Crippen LogP contribution in [0.3, 0.4) is 0 Å². The summed E-state index contributed by atoms with van der Waals surface area (Å²) in [5.41, 5.74) is -0.490. The van der Waals surface area contributed by atoms with Crippen LogP contribution < -0.4 is 10.1 Å². The SMILES string of the molecule is CC1(c2ccc3ccccc3c2)NC(=O)N(CC(O)COc2ccc(Br)cc2)C1=O. The number of nitrogens with zero attached hydrogens (tertiary/aromatic N) is 1. The number of carbonyl (C=O) groups excluding carboxylic acids is 2. The number of fused-ring (bicyclic) bond motifs is 1. The molecule has 4 rings (SSSR count). The standard InChI is InChI=1S/C23H21BrN2O4/c1-23(17-7-6-15-4-2-3-5-16(15)12-17)21(28)26(22(29)25-23)13-19(27)14-30-20-10-8-18(24)9-11-20/h2-12,19,27H,13-14H2,1H3,(H,25,29). The molecule has 3 aromatic rings. The lowest BCUT2D eigenvalue weighted by molar-refractivity contribution is -0.132. The maximum atomic E-state index is 13.1. The number of halogens is 1. The van der Waals surface area contributed by atoms with Crippen molar-refractivity contribution >= 4 is 38.6 Å². The molecule has 154 valence electrons. The van der Waals surface area contributed by atoms with E-state index in [2.05, 4.69) is 21.2 Å². The van der Waals surface area contributed by atoms with Gasteiger partial charge in [0.1, 0.15) is 24.0 Å². The number of nitrogens with one attached hydrogen (secondary N) is 1. The highest BCUT2D eigenvalue weighted by Crippen LogP contribution is 2.31. The zero-order valence-electron chi connectivity index (χ0n) is 16.3. The van der Waals surface area contributed by atoms with Crippen molar-refractivity contribution < 1.29 is 19.4 Å². The molecular weight excluding hydrogens is 448 g/mol. The van der Waals surface area contributed by atoms with Gasteiger partial charge < -0.3 is 15.2 Å². The van der Waals surface area contributed by atoms with E-state index in [9.17, 15) is 14.7 Å². The van der Waals surface area contributed by atoms with E-state index in [1.54, 1.807) is 19.1 Å². The van der Waals surface area contributed by atoms with Gasteiger partial charge in [-0.05, 0) is 53.6 Å². The van der Waals surface area contributed by atoms with Gasteiger partial charge in [0.05, 0.1) is 6.54 Å². The first-order valence-corrected chi connectivity index (χ1v) is 10.4. The van der Waals surface area contributed by atoms with Crippen LogP contribution in [0.1, 0.15) is 12.5 Å². The van der Waals surface area contributed by atoms with Crippen LogP contribution in [0.5, 0.6) is 5.75 Å². The second kappa shape index (κ2) is 8.08. The number of rotatable bonds is 6. The Labute approximate surface area is 182 Å². The fourth-order valence-corrected chi connectivity index (χ4v) is 3.81. The highest BCUT2D eigenvalue weighted by atomic mass is 79.9. The molecule has 1 heterocycles. The van der Waals surface area contributed by atoms with Crippen molar-refractivity contribution in [1.29, 1.82) is 0 Å². The number of benzene rings is 3. The Hall–Kier alpha value is -2.90. The molecule has 2 unspecified atom stereocenters. The van der Waals surface area contributed by atoms with Gasteiger partial charge in [-0.3, -0.25) is 9.69 Å². The number of hydrogen-bond acceptors (Lipinski definition) is 4. The van der Waals surface area contributed by atoms with Gasteiger partial charge in [-0.2, -0.15) is 0 Å². The Bertz CT molecular complexity index is 1100. The van der Waals surface area contributed by atoms with Gasteiger partial charge in [0.15, 0.2) is 0 Å². The second-order valence-electron chi connectivity index (χ2n) is 7.45. The van der Waals surface area contributed by atoms with Crippen molar-refractivity contribution in [3.63, 3.8) is 0 Å². The quantitative estimate of drug-likeness (QED) is 0.539. The van der Waals surface area contributed by atoms with Crippen LogP contribution in [0.15, 0.2) is 71.2 Å². The summed E-state index contributed by atoms with van der Waals surface area (Å²) in [4.78, 5) is 26.7. The van der Waals surface area contributed by atoms with Crippen molar-refractivity contribution in [2.24, 2.45) is 0 Å². The predicted molar refractivity (Wildman–Crippen MR) is 117 cm³/mol. The highest BCUT2D eigenvalue weighted by molar-refractivity contribution is 9.10. The van der Waals surface area contributed by atoms with Crippen LogP contribution in [0.25, 0.3) is 10.8 Å². The fourth-order valence-electron chi connectivity index (χ4n) is 3.55. The summed E-state index contributed by atoms with van der Waals surface area (Å²) >= 11 is 3.35. The van der Waals surface area contributed by atoms with Gasteiger partial charge in [0, 0.05) is 4.47 Å². The number of urea groups is 1. The van der Waals surface area contributed by atoms with Crippen LogP contribution in [-0.2, 0) is 10.3 Å². The van der Waals surface area contributed by atoms with Gasteiger partial charge in [-0.25, -0.2) is 4.79 Å². The minimum absolute atomic E-state index is 0.0363. The number of imide groups is 1. The Balaban J connectivity index is 1.46. The summed E-state index contributed by atoms with van der Waals surface area (Å²) in [6, 6.07) is 20.2. The summed E-state index contributed by atoms with van der Waals surface area (Å²) in [6.45, 7) is 1.50. The minimum Gasteiger partial charge on any atom is -0.491 e. The first-order chi connectivity index (χ1) is 14.4. The monoisotopic (exact) mass is 468 g/mol. The second-order valence-corrected chi connectivity index (χ2v) is 8.37. The molecule has 0 saturated carbocycles. The maximum absolute atomic E-state index is 13.1. The normalized spacial score (nSPS) is 19.8. The molecule has 6 nitrogen and oxygen atoms in total. The lowest BCUT2D eigenvalue weighted by atomic mass is 9.90. The Morgan fingerprint density at radius 1 is 1.07 bits per heavy atom. The Morgan fingerprint density at radius 3 is 2.50 bits per heavy atom. The topological polar surface area (TPSA) is 78.9 Å². The zero-order chi connectivity index (χ0) is 21.3. The van der Waals surface area contributed by atoms with E-state index >= 15 is 0 Å². The van der Waals surface area contributed by atoms with Crippen molar-refractivity contribution in [3.05, 3.63) is 76.8 Å². The number of aliphatic hydroxyl groups is 1. The molecule has 0 aromatic heterocycles. The van der Waals surface area contributed by atoms with Crippen molar-refractivity contribution in [2.75, 3.05) is 13.2 Å². The molecule has 0 spiro atoms. The molecule has 2 atom stereocenters. The fraction of sp³-hybridized carbons (Fsp3) is 0.217. The minimum atomic E-state index is -1.19. The molecule has 3 aromatic carbocycles. The molecule has 2 N–H and O–H groups in total. The van der Waals surface area contributed by atoms with Crippen molar-refractivity contribution in [2.45, 2.75) is 18.6 Å². The van der Waals surface area contributed by atoms with E-state index < -0.39 is 23.6 Å². The first-order valence-electron chi connectivity index (χ1n) is 9.56. The van der Waals surface area contributed by atoms with E-state index in [1.165, 1.54) is 0 Å². The largest absolute Gasteiger partial charge is 0.491 e. The predicted octanol–water partition coefficient (Wildman–Crippen LogP) is 3.81. The van der Waals surface area contributed by atoms with Crippen LogP contribution in [0, 0.1) is 0 Å². The van der Waals surface area contributed by atoms with Gasteiger partial charge in [-0.1, -0.05) is 52.3 Å². The zero-order valence-corrected chi connectivity index (χ0v) is 17.9. The summed E-state index contributed by atoms with van der Waals surface area (Å²) < 4.78 is 6.47. The molecule has 0 bridgehead atoms. The van der Waals surface area contributed by atoms with Gasteiger partial charge in [0.25, 0.3) is 5.91 Å². The summed E-state index contributed by atoms with van der Waals surface area (Å²) in [5.74, 6) is 0.195. The third kappa shape index (κ3) is 3.91. The highest BCUT2D eigenvalue weighted by Gasteiger charge is 2.49. The average molecular weight is 469 g/mol. The number of β-amino-alcohol motifs (C(OH)–C–C–N with tert-alkyl or cyclic N) is 1. The summed E-state index contributed by atoms with van der Waals surface area (Å²) in [7, 11) is 0. The van der Waals surface area contributed by atoms with Crippen molar-refractivity contribution in [1.82, 2.24) is 10.2 Å². The first kappa shape index (κ1) is 20.4. The van der Waals surface area contributed by atoms with Crippen molar-refractivity contribution in [3.8, 4) is 5.75 Å². The average Bonchev–Trinajstić information content (AvgIpc) is 2.97.